The zero-order chi connectivity index (χ0) is 18.0. The largest absolute Gasteiger partial charge is 0.367 e. The van der Waals surface area contributed by atoms with Gasteiger partial charge in [-0.25, -0.2) is 9.18 Å². The number of urea groups is 1. The van der Waals surface area contributed by atoms with E-state index in [0.29, 0.717) is 12.2 Å². The number of benzene rings is 1. The minimum atomic E-state index is -0.253. The molecule has 1 aliphatic heterocycles. The van der Waals surface area contributed by atoms with Crippen molar-refractivity contribution >= 4 is 17.4 Å². The monoisotopic (exact) mass is 342 g/mol. The molecule has 1 unspecified atom stereocenters. The first-order valence-electron chi connectivity index (χ1n) is 8.46. The third-order valence-corrected chi connectivity index (χ3v) is 4.48. The molecule has 2 N–H and O–H groups in total. The summed E-state index contributed by atoms with van der Waals surface area (Å²) in [7, 11) is 0. The summed E-state index contributed by atoms with van der Waals surface area (Å²) in [6.07, 6.45) is 0.784. The van der Waals surface area contributed by atoms with Gasteiger partial charge in [0.15, 0.2) is 0 Å². The Morgan fingerprint density at radius 3 is 2.76 bits per heavy atom. The van der Waals surface area contributed by atoms with Crippen LogP contribution in [0.2, 0.25) is 0 Å². The first-order chi connectivity index (χ1) is 11.9. The van der Waals surface area contributed by atoms with Gasteiger partial charge in [0, 0.05) is 24.8 Å². The van der Waals surface area contributed by atoms with Gasteiger partial charge in [0.2, 0.25) is 0 Å². The van der Waals surface area contributed by atoms with E-state index in [1.807, 2.05) is 37.8 Å². The molecule has 1 aromatic heterocycles. The number of hydrogen-bond donors (Lipinski definition) is 2. The molecule has 25 heavy (non-hydrogen) atoms. The van der Waals surface area contributed by atoms with Gasteiger partial charge in [-0.05, 0) is 51.0 Å². The van der Waals surface area contributed by atoms with E-state index >= 15 is 0 Å². The van der Waals surface area contributed by atoms with Crippen LogP contribution in [0.3, 0.4) is 0 Å². The van der Waals surface area contributed by atoms with Crippen molar-refractivity contribution < 1.29 is 9.18 Å². The Kier molecular flexibility index (Phi) is 4.88. The summed E-state index contributed by atoms with van der Waals surface area (Å²) in [5, 5.41) is 5.87. The Bertz CT molecular complexity index is 770. The minimum absolute atomic E-state index is 0.0152. The van der Waals surface area contributed by atoms with Gasteiger partial charge >= 0.3 is 6.03 Å². The Morgan fingerprint density at radius 2 is 2.04 bits per heavy atom. The van der Waals surface area contributed by atoms with Crippen molar-refractivity contribution in [2.45, 2.75) is 33.2 Å². The molecule has 0 bridgehead atoms. The van der Waals surface area contributed by atoms with E-state index < -0.39 is 0 Å². The van der Waals surface area contributed by atoms with Crippen LogP contribution in [-0.2, 0) is 0 Å². The lowest BCUT2D eigenvalue weighted by Gasteiger charge is -2.20. The van der Waals surface area contributed by atoms with E-state index in [-0.39, 0.29) is 17.9 Å². The highest BCUT2D eigenvalue weighted by atomic mass is 19.1. The van der Waals surface area contributed by atoms with Crippen LogP contribution in [0.4, 0.5) is 20.6 Å². The van der Waals surface area contributed by atoms with Gasteiger partial charge in [0.05, 0.1) is 17.1 Å². The molecule has 3 rings (SSSR count). The molecule has 0 radical (unpaired) electrons. The average Bonchev–Trinajstić information content (AvgIpc) is 2.99. The van der Waals surface area contributed by atoms with Crippen molar-refractivity contribution in [1.29, 1.82) is 0 Å². The first-order valence-corrected chi connectivity index (χ1v) is 8.46. The lowest BCUT2D eigenvalue weighted by molar-refractivity contribution is 0.249. The zero-order valence-electron chi connectivity index (χ0n) is 14.8. The van der Waals surface area contributed by atoms with Crippen LogP contribution in [0.1, 0.15) is 23.4 Å². The fourth-order valence-corrected chi connectivity index (χ4v) is 3.35. The van der Waals surface area contributed by atoms with E-state index in [0.717, 1.165) is 35.6 Å². The van der Waals surface area contributed by atoms with Crippen molar-refractivity contribution in [3.8, 4) is 0 Å². The molecule has 2 aromatic rings. The highest BCUT2D eigenvalue weighted by Crippen LogP contribution is 2.23. The third kappa shape index (κ3) is 3.90. The van der Waals surface area contributed by atoms with E-state index in [1.165, 1.54) is 6.07 Å². The Balaban J connectivity index is 1.61. The molecule has 0 saturated carbocycles. The van der Waals surface area contributed by atoms with E-state index in [9.17, 15) is 9.18 Å². The zero-order valence-corrected chi connectivity index (χ0v) is 14.8. The number of nitrogens with one attached hydrogen (secondary N) is 2. The van der Waals surface area contributed by atoms with Gasteiger partial charge in [0.1, 0.15) is 5.82 Å². The fourth-order valence-electron chi connectivity index (χ4n) is 3.35. The SMILES string of the molecule is Cc1cc(C)c(NC(=O)NC2CCN(c3ccccc3F)C2)c(C)n1. The summed E-state index contributed by atoms with van der Waals surface area (Å²) >= 11 is 0. The number of nitrogens with zero attached hydrogens (tertiary/aromatic N) is 2. The van der Waals surface area contributed by atoms with Crippen molar-refractivity contribution in [2.24, 2.45) is 0 Å². The summed E-state index contributed by atoms with van der Waals surface area (Å²) in [5.74, 6) is -0.232. The number of hydrogen-bond acceptors (Lipinski definition) is 3. The molecule has 1 saturated heterocycles. The van der Waals surface area contributed by atoms with Gasteiger partial charge in [-0.3, -0.25) is 4.98 Å². The minimum Gasteiger partial charge on any atom is -0.367 e. The van der Waals surface area contributed by atoms with Gasteiger partial charge in [-0.1, -0.05) is 12.1 Å². The number of aromatic nitrogens is 1. The summed E-state index contributed by atoms with van der Waals surface area (Å²) in [6.45, 7) is 7.08. The quantitative estimate of drug-likeness (QED) is 0.897. The van der Waals surface area contributed by atoms with E-state index in [1.54, 1.807) is 12.1 Å². The third-order valence-electron chi connectivity index (χ3n) is 4.48. The number of aryl methyl sites for hydroxylation is 3. The molecular formula is C19H23FN4O. The summed E-state index contributed by atoms with van der Waals surface area (Å²) in [5.41, 5.74) is 4.04. The molecule has 1 aromatic carbocycles. The highest BCUT2D eigenvalue weighted by molar-refractivity contribution is 5.91. The average molecular weight is 342 g/mol. The Morgan fingerprint density at radius 1 is 1.28 bits per heavy atom. The summed E-state index contributed by atoms with van der Waals surface area (Å²) in [6, 6.07) is 8.40. The smallest absolute Gasteiger partial charge is 0.319 e. The van der Waals surface area contributed by atoms with Crippen molar-refractivity contribution in [3.05, 3.63) is 53.1 Å². The molecule has 6 heteroatoms. The van der Waals surface area contributed by atoms with Crippen LogP contribution >= 0.6 is 0 Å². The fraction of sp³-hybridized carbons (Fsp3) is 0.368. The maximum Gasteiger partial charge on any atom is 0.319 e. The summed E-state index contributed by atoms with van der Waals surface area (Å²) in [4.78, 5) is 18.7. The molecule has 5 nitrogen and oxygen atoms in total. The second kappa shape index (κ2) is 7.09. The predicted octanol–water partition coefficient (Wildman–Crippen LogP) is 3.55. The topological polar surface area (TPSA) is 57.3 Å². The van der Waals surface area contributed by atoms with E-state index in [4.69, 9.17) is 0 Å². The number of amides is 2. The maximum atomic E-state index is 13.9. The molecule has 132 valence electrons. The van der Waals surface area contributed by atoms with Crippen LogP contribution < -0.4 is 15.5 Å². The van der Waals surface area contributed by atoms with Crippen LogP contribution in [0.5, 0.6) is 0 Å². The lowest BCUT2D eigenvalue weighted by atomic mass is 10.1. The normalized spacial score (nSPS) is 16.8. The number of pyridine rings is 1. The van der Waals surface area contributed by atoms with Crippen molar-refractivity contribution in [1.82, 2.24) is 10.3 Å². The molecule has 2 amide bonds. The highest BCUT2D eigenvalue weighted by Gasteiger charge is 2.25. The number of carbonyl (C=O) groups excluding carboxylic acids is 1. The van der Waals surface area contributed by atoms with E-state index in [2.05, 4.69) is 15.6 Å². The first kappa shape index (κ1) is 17.2. The lowest BCUT2D eigenvalue weighted by Crippen LogP contribution is -2.40. The van der Waals surface area contributed by atoms with Crippen LogP contribution in [0.15, 0.2) is 30.3 Å². The number of halogens is 1. The van der Waals surface area contributed by atoms with Crippen LogP contribution in [0.25, 0.3) is 0 Å². The second-order valence-corrected chi connectivity index (χ2v) is 6.52. The Labute approximate surface area is 147 Å². The van der Waals surface area contributed by atoms with Crippen molar-refractivity contribution in [3.63, 3.8) is 0 Å². The number of para-hydroxylation sites is 1. The number of carbonyl (C=O) groups is 1. The molecule has 2 heterocycles. The molecule has 1 aliphatic rings. The molecule has 0 spiro atoms. The molecule has 0 aliphatic carbocycles. The molecule has 1 atom stereocenters. The van der Waals surface area contributed by atoms with Gasteiger partial charge < -0.3 is 15.5 Å². The van der Waals surface area contributed by atoms with Crippen LogP contribution in [-0.4, -0.2) is 30.1 Å². The Hall–Kier alpha value is -2.63. The summed E-state index contributed by atoms with van der Waals surface area (Å²) < 4.78 is 13.9. The van der Waals surface area contributed by atoms with Crippen LogP contribution in [0, 0.1) is 26.6 Å². The van der Waals surface area contributed by atoms with Crippen molar-refractivity contribution in [2.75, 3.05) is 23.3 Å². The van der Waals surface area contributed by atoms with Gasteiger partial charge in [-0.2, -0.15) is 0 Å². The second-order valence-electron chi connectivity index (χ2n) is 6.52. The molecule has 1 fully saturated rings. The van der Waals surface area contributed by atoms with Gasteiger partial charge in [-0.15, -0.1) is 0 Å². The number of anilines is 2. The van der Waals surface area contributed by atoms with Gasteiger partial charge in [0.25, 0.3) is 0 Å². The molecular weight excluding hydrogens is 319 g/mol. The number of rotatable bonds is 3. The maximum absolute atomic E-state index is 13.9. The standard InChI is InChI=1S/C19H23FN4O/c1-12-10-13(2)21-14(3)18(12)23-19(25)22-15-8-9-24(11-15)17-7-5-4-6-16(17)20/h4-7,10,15H,8-9,11H2,1-3H3,(H2,22,23,25). The predicted molar refractivity (Wildman–Crippen MR) is 97.6 cm³/mol.